The average Bonchev–Trinajstić information content (AvgIpc) is 2.53. The van der Waals surface area contributed by atoms with Gasteiger partial charge in [-0.1, -0.05) is 35.9 Å². The molecular formula is C17H18ClN3O2S. The summed E-state index contributed by atoms with van der Waals surface area (Å²) < 4.78 is 27.4. The van der Waals surface area contributed by atoms with Crippen molar-refractivity contribution in [2.75, 3.05) is 14.1 Å². The van der Waals surface area contributed by atoms with Crippen LogP contribution in [0.5, 0.6) is 0 Å². The molecule has 0 aliphatic heterocycles. The van der Waals surface area contributed by atoms with Gasteiger partial charge in [0.05, 0.1) is 15.5 Å². The molecule has 2 rings (SSSR count). The highest BCUT2D eigenvalue weighted by molar-refractivity contribution is 7.89. The van der Waals surface area contributed by atoms with E-state index in [9.17, 15) is 8.42 Å². The predicted octanol–water partition coefficient (Wildman–Crippen LogP) is 2.75. The van der Waals surface area contributed by atoms with Gasteiger partial charge in [0.25, 0.3) is 0 Å². The van der Waals surface area contributed by atoms with Crippen molar-refractivity contribution in [3.05, 3.63) is 64.2 Å². The van der Waals surface area contributed by atoms with Gasteiger partial charge in [-0.15, -0.1) is 0 Å². The van der Waals surface area contributed by atoms with Crippen LogP contribution >= 0.6 is 11.6 Å². The molecule has 0 saturated heterocycles. The highest BCUT2D eigenvalue weighted by Gasteiger charge is 2.16. The molecule has 0 fully saturated rings. The molecular weight excluding hydrogens is 346 g/mol. The Morgan fingerprint density at radius 2 is 1.83 bits per heavy atom. The molecule has 0 amide bonds. The largest absolute Gasteiger partial charge is 0.305 e. The smallest absolute Gasteiger partial charge is 0.240 e. The zero-order chi connectivity index (χ0) is 17.7. The second kappa shape index (κ2) is 7.77. The molecule has 0 saturated carbocycles. The fraction of sp³-hybridized carbons (Fsp3) is 0.235. The minimum Gasteiger partial charge on any atom is -0.305 e. The lowest BCUT2D eigenvalue weighted by Crippen LogP contribution is -2.24. The second-order valence-electron chi connectivity index (χ2n) is 5.58. The first-order valence-corrected chi connectivity index (χ1v) is 9.10. The van der Waals surface area contributed by atoms with Gasteiger partial charge < -0.3 is 4.90 Å². The highest BCUT2D eigenvalue weighted by atomic mass is 35.5. The van der Waals surface area contributed by atoms with Crippen LogP contribution in [-0.2, 0) is 23.1 Å². The number of nitrogens with one attached hydrogen (secondary N) is 1. The third-order valence-electron chi connectivity index (χ3n) is 3.43. The van der Waals surface area contributed by atoms with Gasteiger partial charge in [0, 0.05) is 13.1 Å². The van der Waals surface area contributed by atoms with Crippen molar-refractivity contribution < 1.29 is 8.42 Å². The molecule has 2 aromatic carbocycles. The maximum absolute atomic E-state index is 12.4. The van der Waals surface area contributed by atoms with Crippen LogP contribution in [0.2, 0.25) is 5.02 Å². The molecule has 0 aromatic heterocycles. The van der Waals surface area contributed by atoms with E-state index in [1.165, 1.54) is 18.2 Å². The molecule has 2 aromatic rings. The van der Waals surface area contributed by atoms with Crippen LogP contribution in [0.25, 0.3) is 0 Å². The monoisotopic (exact) mass is 363 g/mol. The lowest BCUT2D eigenvalue weighted by atomic mass is 10.1. The molecule has 5 nitrogen and oxygen atoms in total. The maximum Gasteiger partial charge on any atom is 0.240 e. The molecule has 0 aliphatic carbocycles. The second-order valence-corrected chi connectivity index (χ2v) is 7.76. The van der Waals surface area contributed by atoms with Gasteiger partial charge in [-0.2, -0.15) is 5.26 Å². The summed E-state index contributed by atoms with van der Waals surface area (Å²) in [5.41, 5.74) is 2.21. The summed E-state index contributed by atoms with van der Waals surface area (Å²) in [6.45, 7) is 0.907. The fourth-order valence-corrected chi connectivity index (χ4v) is 3.55. The topological polar surface area (TPSA) is 73.2 Å². The van der Waals surface area contributed by atoms with Gasteiger partial charge in [0.2, 0.25) is 10.0 Å². The van der Waals surface area contributed by atoms with E-state index in [1.54, 1.807) is 0 Å². The molecule has 0 bridgehead atoms. The minimum atomic E-state index is -3.71. The fourth-order valence-electron chi connectivity index (χ4n) is 2.23. The van der Waals surface area contributed by atoms with Crippen LogP contribution in [0, 0.1) is 11.3 Å². The Morgan fingerprint density at radius 1 is 1.17 bits per heavy atom. The van der Waals surface area contributed by atoms with E-state index in [1.807, 2.05) is 49.3 Å². The molecule has 0 radical (unpaired) electrons. The van der Waals surface area contributed by atoms with E-state index in [0.29, 0.717) is 0 Å². The quantitative estimate of drug-likeness (QED) is 0.856. The molecule has 0 unspecified atom stereocenters. The van der Waals surface area contributed by atoms with Gasteiger partial charge >= 0.3 is 0 Å². The van der Waals surface area contributed by atoms with E-state index < -0.39 is 10.0 Å². The summed E-state index contributed by atoms with van der Waals surface area (Å²) in [4.78, 5) is 2.06. The first kappa shape index (κ1) is 18.4. The molecule has 24 heavy (non-hydrogen) atoms. The SMILES string of the molecule is CN(C)Cc1ccccc1CNS(=O)(=O)c1ccc(C#N)c(Cl)c1. The normalized spacial score (nSPS) is 11.5. The standard InChI is InChI=1S/C17H18ClN3O2S/c1-21(2)12-15-6-4-3-5-14(15)11-20-24(22,23)16-8-7-13(10-19)17(18)9-16/h3-9,20H,11-12H2,1-2H3. The lowest BCUT2D eigenvalue weighted by Gasteiger charge is -2.15. The number of benzene rings is 2. The van der Waals surface area contributed by atoms with Crippen LogP contribution in [0.3, 0.4) is 0 Å². The molecule has 0 atom stereocenters. The summed E-state index contributed by atoms with van der Waals surface area (Å²) in [6.07, 6.45) is 0. The number of nitriles is 1. The zero-order valence-corrected chi connectivity index (χ0v) is 15.0. The van der Waals surface area contributed by atoms with Crippen molar-refractivity contribution in [3.8, 4) is 6.07 Å². The molecule has 7 heteroatoms. The Balaban J connectivity index is 2.20. The van der Waals surface area contributed by atoms with Crippen molar-refractivity contribution in [2.45, 2.75) is 18.0 Å². The van der Waals surface area contributed by atoms with Crippen LogP contribution in [0.1, 0.15) is 16.7 Å². The number of sulfonamides is 1. The van der Waals surface area contributed by atoms with Crippen LogP contribution in [0.4, 0.5) is 0 Å². The van der Waals surface area contributed by atoms with Crippen LogP contribution < -0.4 is 4.72 Å². The summed E-state index contributed by atoms with van der Waals surface area (Å²) in [5, 5.41) is 8.98. The lowest BCUT2D eigenvalue weighted by molar-refractivity contribution is 0.400. The van der Waals surface area contributed by atoms with Crippen molar-refractivity contribution in [1.29, 1.82) is 5.26 Å². The Bertz CT molecular complexity index is 874. The zero-order valence-electron chi connectivity index (χ0n) is 13.5. The van der Waals surface area contributed by atoms with Gasteiger partial charge in [-0.25, -0.2) is 13.1 Å². The van der Waals surface area contributed by atoms with E-state index >= 15 is 0 Å². The Labute approximate surface area is 147 Å². The summed E-state index contributed by atoms with van der Waals surface area (Å²) >= 11 is 5.92. The molecule has 126 valence electrons. The molecule has 0 spiro atoms. The van der Waals surface area contributed by atoms with Gasteiger partial charge in [0.1, 0.15) is 6.07 Å². The number of hydrogen-bond donors (Lipinski definition) is 1. The van der Waals surface area contributed by atoms with Crippen molar-refractivity contribution >= 4 is 21.6 Å². The van der Waals surface area contributed by atoms with Crippen LogP contribution in [-0.4, -0.2) is 27.4 Å². The molecule has 0 heterocycles. The Hall–Kier alpha value is -1.91. The van der Waals surface area contributed by atoms with Crippen molar-refractivity contribution in [3.63, 3.8) is 0 Å². The third kappa shape index (κ3) is 4.56. The third-order valence-corrected chi connectivity index (χ3v) is 5.14. The Kier molecular flexibility index (Phi) is 5.97. The number of hydrogen-bond acceptors (Lipinski definition) is 4. The summed E-state index contributed by atoms with van der Waals surface area (Å²) in [6, 6.07) is 13.6. The van der Waals surface area contributed by atoms with E-state index in [-0.39, 0.29) is 22.0 Å². The number of nitrogens with zero attached hydrogens (tertiary/aromatic N) is 2. The van der Waals surface area contributed by atoms with Gasteiger partial charge in [-0.3, -0.25) is 0 Å². The Morgan fingerprint density at radius 3 is 2.42 bits per heavy atom. The first-order valence-electron chi connectivity index (χ1n) is 7.24. The summed E-state index contributed by atoms with van der Waals surface area (Å²) in [7, 11) is 0.207. The van der Waals surface area contributed by atoms with E-state index in [2.05, 4.69) is 4.72 Å². The van der Waals surface area contributed by atoms with Crippen molar-refractivity contribution in [2.24, 2.45) is 0 Å². The first-order chi connectivity index (χ1) is 11.3. The van der Waals surface area contributed by atoms with E-state index in [4.69, 9.17) is 16.9 Å². The maximum atomic E-state index is 12.4. The average molecular weight is 364 g/mol. The number of halogens is 1. The van der Waals surface area contributed by atoms with E-state index in [0.717, 1.165) is 17.7 Å². The van der Waals surface area contributed by atoms with Gasteiger partial charge in [-0.05, 0) is 43.4 Å². The molecule has 1 N–H and O–H groups in total. The molecule has 0 aliphatic rings. The van der Waals surface area contributed by atoms with Crippen molar-refractivity contribution in [1.82, 2.24) is 9.62 Å². The minimum absolute atomic E-state index is 0.0385. The number of rotatable bonds is 6. The highest BCUT2D eigenvalue weighted by Crippen LogP contribution is 2.20. The predicted molar refractivity (Wildman–Crippen MR) is 94.0 cm³/mol. The van der Waals surface area contributed by atoms with Gasteiger partial charge in [0.15, 0.2) is 0 Å². The summed E-state index contributed by atoms with van der Waals surface area (Å²) in [5.74, 6) is 0. The van der Waals surface area contributed by atoms with Crippen LogP contribution in [0.15, 0.2) is 47.4 Å².